The van der Waals surface area contributed by atoms with Crippen molar-refractivity contribution in [1.82, 2.24) is 4.90 Å². The zero-order valence-electron chi connectivity index (χ0n) is 14.0. The third-order valence-corrected chi connectivity index (χ3v) is 4.04. The van der Waals surface area contributed by atoms with E-state index in [4.69, 9.17) is 10.5 Å². The van der Waals surface area contributed by atoms with Crippen molar-refractivity contribution in [2.75, 3.05) is 26.0 Å². The first-order valence-corrected chi connectivity index (χ1v) is 7.97. The van der Waals surface area contributed by atoms with Gasteiger partial charge in [-0.25, -0.2) is 0 Å². The van der Waals surface area contributed by atoms with Crippen molar-refractivity contribution in [2.45, 2.75) is 32.2 Å². The van der Waals surface area contributed by atoms with Crippen molar-refractivity contribution in [1.29, 1.82) is 0 Å². The molecule has 1 aromatic carbocycles. The van der Waals surface area contributed by atoms with Gasteiger partial charge in [-0.1, -0.05) is 0 Å². The number of hydrogen-bond donors (Lipinski definition) is 2. The van der Waals surface area contributed by atoms with Crippen LogP contribution in [0.25, 0.3) is 0 Å². The molecule has 0 bridgehead atoms. The number of carbonyl (C=O) groups excluding carboxylic acids is 2. The number of nitrogens with one attached hydrogen (secondary N) is 1. The molecule has 23 heavy (non-hydrogen) atoms. The lowest BCUT2D eigenvalue weighted by atomic mass is 10.1. The number of ether oxygens (including phenoxy) is 1. The van der Waals surface area contributed by atoms with Gasteiger partial charge in [0.15, 0.2) is 0 Å². The second-order valence-electron chi connectivity index (χ2n) is 6.10. The molecule has 2 atom stereocenters. The number of benzene rings is 1. The first-order valence-electron chi connectivity index (χ1n) is 7.97. The molecular weight excluding hydrogens is 294 g/mol. The SMILES string of the molecule is CCOc1cc(C(=O)N(C)C)ccc1NC(=O)C1CCC(N)C1. The maximum Gasteiger partial charge on any atom is 0.253 e. The van der Waals surface area contributed by atoms with Crippen molar-refractivity contribution in [2.24, 2.45) is 11.7 Å². The summed E-state index contributed by atoms with van der Waals surface area (Å²) in [4.78, 5) is 25.9. The van der Waals surface area contributed by atoms with Crippen LogP contribution in [0.4, 0.5) is 5.69 Å². The molecule has 126 valence electrons. The number of anilines is 1. The summed E-state index contributed by atoms with van der Waals surface area (Å²) in [6, 6.07) is 5.19. The Labute approximate surface area is 137 Å². The fourth-order valence-electron chi connectivity index (χ4n) is 2.78. The summed E-state index contributed by atoms with van der Waals surface area (Å²) in [7, 11) is 3.39. The molecule has 2 rings (SSSR count). The Kier molecular flexibility index (Phi) is 5.60. The Morgan fingerprint density at radius 2 is 2.09 bits per heavy atom. The van der Waals surface area contributed by atoms with E-state index in [1.807, 2.05) is 6.92 Å². The third kappa shape index (κ3) is 4.22. The molecule has 0 radical (unpaired) electrons. The highest BCUT2D eigenvalue weighted by Crippen LogP contribution is 2.30. The van der Waals surface area contributed by atoms with Crippen LogP contribution in [-0.4, -0.2) is 43.5 Å². The quantitative estimate of drug-likeness (QED) is 0.867. The molecule has 1 saturated carbocycles. The van der Waals surface area contributed by atoms with Gasteiger partial charge in [0.2, 0.25) is 5.91 Å². The van der Waals surface area contributed by atoms with Crippen molar-refractivity contribution in [3.05, 3.63) is 23.8 Å². The lowest BCUT2D eigenvalue weighted by molar-refractivity contribution is -0.119. The molecule has 1 aliphatic carbocycles. The van der Waals surface area contributed by atoms with Gasteiger partial charge in [0.05, 0.1) is 12.3 Å². The summed E-state index contributed by atoms with van der Waals surface area (Å²) >= 11 is 0. The molecular formula is C17H25N3O3. The largest absolute Gasteiger partial charge is 0.492 e. The fraction of sp³-hybridized carbons (Fsp3) is 0.529. The average Bonchev–Trinajstić information content (AvgIpc) is 2.95. The predicted octanol–water partition coefficient (Wildman–Crippen LogP) is 1.85. The number of nitrogens with two attached hydrogens (primary N) is 1. The molecule has 0 aromatic heterocycles. The van der Waals surface area contributed by atoms with E-state index in [-0.39, 0.29) is 23.8 Å². The summed E-state index contributed by atoms with van der Waals surface area (Å²) < 4.78 is 5.58. The van der Waals surface area contributed by atoms with E-state index in [2.05, 4.69) is 5.32 Å². The maximum absolute atomic E-state index is 12.3. The first-order chi connectivity index (χ1) is 10.9. The molecule has 0 saturated heterocycles. The van der Waals surface area contributed by atoms with Crippen LogP contribution in [0.3, 0.4) is 0 Å². The van der Waals surface area contributed by atoms with Crippen LogP contribution >= 0.6 is 0 Å². The Bertz CT molecular complexity index is 586. The molecule has 2 amide bonds. The Morgan fingerprint density at radius 3 is 2.65 bits per heavy atom. The highest BCUT2D eigenvalue weighted by molar-refractivity contribution is 5.97. The van der Waals surface area contributed by atoms with Crippen LogP contribution < -0.4 is 15.8 Å². The molecule has 6 nitrogen and oxygen atoms in total. The lowest BCUT2D eigenvalue weighted by Crippen LogP contribution is -2.24. The van der Waals surface area contributed by atoms with E-state index in [1.54, 1.807) is 32.3 Å². The molecule has 1 fully saturated rings. The summed E-state index contributed by atoms with van der Waals surface area (Å²) in [5.74, 6) is 0.314. The Hall–Kier alpha value is -2.08. The molecule has 3 N–H and O–H groups in total. The molecule has 6 heteroatoms. The van der Waals surface area contributed by atoms with E-state index in [9.17, 15) is 9.59 Å². The molecule has 1 aliphatic rings. The van der Waals surface area contributed by atoms with Crippen molar-refractivity contribution >= 4 is 17.5 Å². The summed E-state index contributed by atoms with van der Waals surface area (Å²) in [5, 5.41) is 2.91. The van der Waals surface area contributed by atoms with Gasteiger partial charge in [0.1, 0.15) is 5.75 Å². The molecule has 0 spiro atoms. The highest BCUT2D eigenvalue weighted by atomic mass is 16.5. The third-order valence-electron chi connectivity index (χ3n) is 4.04. The minimum absolute atomic E-state index is 0.0365. The Balaban J connectivity index is 2.17. The van der Waals surface area contributed by atoms with Gasteiger partial charge >= 0.3 is 0 Å². The second kappa shape index (κ2) is 7.46. The van der Waals surface area contributed by atoms with E-state index < -0.39 is 0 Å². The van der Waals surface area contributed by atoms with E-state index in [0.717, 1.165) is 12.8 Å². The predicted molar refractivity (Wildman–Crippen MR) is 89.6 cm³/mol. The van der Waals surface area contributed by atoms with Crippen LogP contribution in [0.2, 0.25) is 0 Å². The number of nitrogens with zero attached hydrogens (tertiary/aromatic N) is 1. The maximum atomic E-state index is 12.3. The summed E-state index contributed by atoms with van der Waals surface area (Å²) in [6.07, 6.45) is 2.41. The monoisotopic (exact) mass is 319 g/mol. The van der Waals surface area contributed by atoms with Gasteiger partial charge in [0, 0.05) is 31.6 Å². The zero-order chi connectivity index (χ0) is 17.0. The summed E-state index contributed by atoms with van der Waals surface area (Å²) in [5.41, 5.74) is 6.99. The van der Waals surface area contributed by atoms with Crippen LogP contribution in [-0.2, 0) is 4.79 Å². The van der Waals surface area contributed by atoms with E-state index in [0.29, 0.717) is 30.0 Å². The second-order valence-corrected chi connectivity index (χ2v) is 6.10. The fourth-order valence-corrected chi connectivity index (χ4v) is 2.78. The zero-order valence-corrected chi connectivity index (χ0v) is 14.0. The van der Waals surface area contributed by atoms with Crippen molar-refractivity contribution in [3.8, 4) is 5.75 Å². The standard InChI is InChI=1S/C17H25N3O3/c1-4-23-15-10-12(17(22)20(2)3)6-8-14(15)19-16(21)11-5-7-13(18)9-11/h6,8,10-11,13H,4-5,7,9,18H2,1-3H3,(H,19,21). The number of rotatable bonds is 5. The molecule has 0 heterocycles. The highest BCUT2D eigenvalue weighted by Gasteiger charge is 2.28. The van der Waals surface area contributed by atoms with Gasteiger partial charge in [0.25, 0.3) is 5.91 Å². The van der Waals surface area contributed by atoms with Crippen LogP contribution in [0.5, 0.6) is 5.75 Å². The normalized spacial score (nSPS) is 20.2. The average molecular weight is 319 g/mol. The van der Waals surface area contributed by atoms with Gasteiger partial charge in [-0.2, -0.15) is 0 Å². The van der Waals surface area contributed by atoms with Crippen molar-refractivity contribution in [3.63, 3.8) is 0 Å². The summed E-state index contributed by atoms with van der Waals surface area (Å²) in [6.45, 7) is 2.32. The van der Waals surface area contributed by atoms with E-state index >= 15 is 0 Å². The number of amides is 2. The van der Waals surface area contributed by atoms with Gasteiger partial charge < -0.3 is 20.7 Å². The van der Waals surface area contributed by atoms with Crippen LogP contribution in [0.15, 0.2) is 18.2 Å². The van der Waals surface area contributed by atoms with Crippen molar-refractivity contribution < 1.29 is 14.3 Å². The lowest BCUT2D eigenvalue weighted by Gasteiger charge is -2.16. The minimum Gasteiger partial charge on any atom is -0.492 e. The van der Waals surface area contributed by atoms with Gasteiger partial charge in [-0.05, 0) is 44.4 Å². The number of carbonyl (C=O) groups is 2. The molecule has 1 aromatic rings. The molecule has 2 unspecified atom stereocenters. The topological polar surface area (TPSA) is 84.7 Å². The Morgan fingerprint density at radius 1 is 1.35 bits per heavy atom. The van der Waals surface area contributed by atoms with Gasteiger partial charge in [-0.3, -0.25) is 9.59 Å². The first kappa shape index (κ1) is 17.3. The minimum atomic E-state index is -0.106. The van der Waals surface area contributed by atoms with Crippen LogP contribution in [0.1, 0.15) is 36.5 Å². The molecule has 0 aliphatic heterocycles. The number of hydrogen-bond acceptors (Lipinski definition) is 4. The van der Waals surface area contributed by atoms with Crippen LogP contribution in [0, 0.1) is 5.92 Å². The smallest absolute Gasteiger partial charge is 0.253 e. The van der Waals surface area contributed by atoms with E-state index in [1.165, 1.54) is 4.90 Å². The van der Waals surface area contributed by atoms with Gasteiger partial charge in [-0.15, -0.1) is 0 Å².